The van der Waals surface area contributed by atoms with Gasteiger partial charge in [0, 0.05) is 5.92 Å². The van der Waals surface area contributed by atoms with E-state index in [4.69, 9.17) is 4.74 Å². The molecule has 0 aromatic heterocycles. The molecule has 0 aromatic rings. The summed E-state index contributed by atoms with van der Waals surface area (Å²) in [4.78, 5) is 0. The molecule has 0 radical (unpaired) electrons. The van der Waals surface area contributed by atoms with E-state index in [1.807, 2.05) is 0 Å². The molecule has 1 saturated heterocycles. The van der Waals surface area contributed by atoms with Crippen molar-refractivity contribution in [3.63, 3.8) is 0 Å². The second-order valence-electron chi connectivity index (χ2n) is 7.06. The van der Waals surface area contributed by atoms with Crippen LogP contribution in [-0.2, 0) is 4.74 Å². The maximum Gasteiger partial charge on any atom is 0.105 e. The van der Waals surface area contributed by atoms with Crippen molar-refractivity contribution in [1.29, 1.82) is 0 Å². The highest BCUT2D eigenvalue weighted by Gasteiger charge is 2.72. The number of allylic oxidation sites excluding steroid dienone is 1. The maximum absolute atomic E-state index is 6.28. The molecule has 2 fully saturated rings. The average Bonchev–Trinajstić information content (AvgIpc) is 2.76. The first-order valence-corrected chi connectivity index (χ1v) is 6.77. The van der Waals surface area contributed by atoms with E-state index >= 15 is 0 Å². The molecule has 16 heavy (non-hydrogen) atoms. The van der Waals surface area contributed by atoms with Gasteiger partial charge in [-0.05, 0) is 51.4 Å². The summed E-state index contributed by atoms with van der Waals surface area (Å²) in [5.41, 5.74) is 2.38. The highest BCUT2D eigenvalue weighted by molar-refractivity contribution is 5.29. The largest absolute Gasteiger partial charge is 0.362 e. The molecule has 1 spiro atoms. The average molecular weight is 220 g/mol. The Kier molecular flexibility index (Phi) is 1.98. The van der Waals surface area contributed by atoms with Gasteiger partial charge in [-0.25, -0.2) is 0 Å². The Morgan fingerprint density at radius 3 is 2.69 bits per heavy atom. The fraction of sp³-hybridized carbons (Fsp3) is 0.867. The number of rotatable bonds is 0. The van der Waals surface area contributed by atoms with Gasteiger partial charge in [0.25, 0.3) is 0 Å². The van der Waals surface area contributed by atoms with Crippen molar-refractivity contribution in [3.8, 4) is 0 Å². The second-order valence-corrected chi connectivity index (χ2v) is 7.06. The standard InChI is InChI=1S/C15H24O/c1-11-6-9-15-12(10-11)13(2,3)7-5-8-14(15,4)16-15/h10,12H,5-9H2,1-4H3/t12?,14-,15+/m0/s1. The zero-order valence-corrected chi connectivity index (χ0v) is 11.1. The molecule has 2 aliphatic carbocycles. The lowest BCUT2D eigenvalue weighted by Crippen LogP contribution is -2.40. The molecule has 0 bridgehead atoms. The molecule has 90 valence electrons. The third-order valence-electron chi connectivity index (χ3n) is 5.42. The summed E-state index contributed by atoms with van der Waals surface area (Å²) in [6.07, 6.45) is 8.96. The van der Waals surface area contributed by atoms with Crippen LogP contribution in [0.1, 0.15) is 59.8 Å². The first kappa shape index (κ1) is 10.8. The van der Waals surface area contributed by atoms with E-state index in [9.17, 15) is 0 Å². The van der Waals surface area contributed by atoms with E-state index in [1.165, 1.54) is 32.1 Å². The van der Waals surface area contributed by atoms with Gasteiger partial charge in [0.2, 0.25) is 0 Å². The predicted molar refractivity (Wildman–Crippen MR) is 66.3 cm³/mol. The van der Waals surface area contributed by atoms with Crippen LogP contribution in [0, 0.1) is 11.3 Å². The van der Waals surface area contributed by atoms with Crippen molar-refractivity contribution in [1.82, 2.24) is 0 Å². The van der Waals surface area contributed by atoms with Crippen LogP contribution in [0.15, 0.2) is 11.6 Å². The zero-order chi connectivity index (χ0) is 11.6. The summed E-state index contributed by atoms with van der Waals surface area (Å²) in [5.74, 6) is 0.640. The fourth-order valence-electron chi connectivity index (χ4n) is 4.28. The van der Waals surface area contributed by atoms with E-state index in [-0.39, 0.29) is 11.2 Å². The summed E-state index contributed by atoms with van der Waals surface area (Å²) in [6.45, 7) is 9.49. The number of ether oxygens (including phenoxy) is 1. The third-order valence-corrected chi connectivity index (χ3v) is 5.42. The summed E-state index contributed by atoms with van der Waals surface area (Å²) in [7, 11) is 0. The molecule has 1 aliphatic heterocycles. The van der Waals surface area contributed by atoms with Crippen LogP contribution in [0.3, 0.4) is 0 Å². The Hall–Kier alpha value is -0.300. The van der Waals surface area contributed by atoms with Crippen LogP contribution < -0.4 is 0 Å². The molecule has 3 aliphatic rings. The van der Waals surface area contributed by atoms with Crippen LogP contribution in [0.2, 0.25) is 0 Å². The zero-order valence-electron chi connectivity index (χ0n) is 11.1. The topological polar surface area (TPSA) is 12.5 Å². The SMILES string of the molecule is CC1=CC2C(C)(C)CCC[C@]3(C)O[C@]23CC1. The normalized spacial score (nSPS) is 49.8. The molecule has 1 nitrogen and oxygen atoms in total. The van der Waals surface area contributed by atoms with Crippen molar-refractivity contribution < 1.29 is 4.74 Å². The second kappa shape index (κ2) is 2.93. The lowest BCUT2D eigenvalue weighted by atomic mass is 9.64. The lowest BCUT2D eigenvalue weighted by molar-refractivity contribution is 0.105. The molecule has 0 amide bonds. The Balaban J connectivity index is 2.05. The van der Waals surface area contributed by atoms with Gasteiger partial charge in [-0.2, -0.15) is 0 Å². The lowest BCUT2D eigenvalue weighted by Gasteiger charge is -2.39. The van der Waals surface area contributed by atoms with Crippen LogP contribution in [0.5, 0.6) is 0 Å². The molecule has 3 rings (SSSR count). The van der Waals surface area contributed by atoms with Crippen LogP contribution in [-0.4, -0.2) is 11.2 Å². The van der Waals surface area contributed by atoms with Crippen molar-refractivity contribution >= 4 is 0 Å². The van der Waals surface area contributed by atoms with Gasteiger partial charge in [0.1, 0.15) is 5.60 Å². The van der Waals surface area contributed by atoms with Crippen molar-refractivity contribution in [2.75, 3.05) is 0 Å². The molecule has 1 unspecified atom stereocenters. The molecular formula is C15H24O. The van der Waals surface area contributed by atoms with E-state index in [0.717, 1.165) is 0 Å². The van der Waals surface area contributed by atoms with Crippen LogP contribution in [0.25, 0.3) is 0 Å². The van der Waals surface area contributed by atoms with Crippen molar-refractivity contribution in [3.05, 3.63) is 11.6 Å². The predicted octanol–water partition coefficient (Wildman–Crippen LogP) is 4.08. The molecular weight excluding hydrogens is 196 g/mol. The molecule has 1 heteroatoms. The Morgan fingerprint density at radius 2 is 1.94 bits per heavy atom. The first-order valence-electron chi connectivity index (χ1n) is 6.77. The van der Waals surface area contributed by atoms with Crippen molar-refractivity contribution in [2.24, 2.45) is 11.3 Å². The third kappa shape index (κ3) is 1.21. The smallest absolute Gasteiger partial charge is 0.105 e. The summed E-state index contributed by atoms with van der Waals surface area (Å²) >= 11 is 0. The summed E-state index contributed by atoms with van der Waals surface area (Å²) in [5, 5.41) is 0. The molecule has 3 atom stereocenters. The van der Waals surface area contributed by atoms with Gasteiger partial charge in [-0.1, -0.05) is 25.5 Å². The van der Waals surface area contributed by atoms with E-state index in [2.05, 4.69) is 33.8 Å². The highest BCUT2D eigenvalue weighted by Crippen LogP contribution is 2.66. The quantitative estimate of drug-likeness (QED) is 0.442. The monoisotopic (exact) mass is 220 g/mol. The maximum atomic E-state index is 6.28. The first-order chi connectivity index (χ1) is 7.40. The van der Waals surface area contributed by atoms with Gasteiger partial charge in [-0.15, -0.1) is 0 Å². The van der Waals surface area contributed by atoms with E-state index in [1.54, 1.807) is 5.57 Å². The van der Waals surface area contributed by atoms with Crippen LogP contribution >= 0.6 is 0 Å². The number of hydrogen-bond acceptors (Lipinski definition) is 1. The number of epoxide rings is 1. The van der Waals surface area contributed by atoms with Gasteiger partial charge in [0.05, 0.1) is 5.60 Å². The fourth-order valence-corrected chi connectivity index (χ4v) is 4.28. The minimum atomic E-state index is 0.197. The highest BCUT2D eigenvalue weighted by atomic mass is 16.6. The molecule has 0 N–H and O–H groups in total. The van der Waals surface area contributed by atoms with Gasteiger partial charge in [0.15, 0.2) is 0 Å². The molecule has 0 aromatic carbocycles. The van der Waals surface area contributed by atoms with Crippen LogP contribution in [0.4, 0.5) is 0 Å². The van der Waals surface area contributed by atoms with Gasteiger partial charge >= 0.3 is 0 Å². The van der Waals surface area contributed by atoms with E-state index in [0.29, 0.717) is 11.3 Å². The van der Waals surface area contributed by atoms with Gasteiger partial charge < -0.3 is 4.74 Å². The Bertz CT molecular complexity index is 354. The summed E-state index contributed by atoms with van der Waals surface area (Å²) < 4.78 is 6.28. The van der Waals surface area contributed by atoms with Crippen molar-refractivity contribution in [2.45, 2.75) is 71.0 Å². The van der Waals surface area contributed by atoms with E-state index < -0.39 is 0 Å². The van der Waals surface area contributed by atoms with Gasteiger partial charge in [-0.3, -0.25) is 0 Å². The Morgan fingerprint density at radius 1 is 1.19 bits per heavy atom. The number of hydrogen-bond donors (Lipinski definition) is 0. The minimum Gasteiger partial charge on any atom is -0.362 e. The molecule has 1 saturated carbocycles. The minimum absolute atomic E-state index is 0.197. The molecule has 1 heterocycles. The summed E-state index contributed by atoms with van der Waals surface area (Å²) in [6, 6.07) is 0. The Labute approximate surface area is 99.3 Å².